The lowest BCUT2D eigenvalue weighted by atomic mass is 10.3. The van der Waals surface area contributed by atoms with E-state index in [9.17, 15) is 9.18 Å². The maximum absolute atomic E-state index is 12.9. The molecule has 0 unspecified atom stereocenters. The SMILES string of the molecule is C=CCNC(=NCC(=O)N(C)C)N1CCN(c2ncc(F)cn2)CC1. The van der Waals surface area contributed by atoms with Crippen LogP contribution in [0.1, 0.15) is 0 Å². The number of carbonyl (C=O) groups is 1. The Labute approximate surface area is 147 Å². The van der Waals surface area contributed by atoms with Crippen LogP contribution in [-0.2, 0) is 4.79 Å². The third-order valence-corrected chi connectivity index (χ3v) is 3.74. The molecule has 9 heteroatoms. The molecule has 1 amide bonds. The maximum atomic E-state index is 12.9. The average Bonchev–Trinajstić information content (AvgIpc) is 2.62. The van der Waals surface area contributed by atoms with Gasteiger partial charge in [-0.15, -0.1) is 6.58 Å². The van der Waals surface area contributed by atoms with Crippen molar-refractivity contribution < 1.29 is 9.18 Å². The van der Waals surface area contributed by atoms with Crippen LogP contribution in [0.25, 0.3) is 0 Å². The number of likely N-dealkylation sites (N-methyl/N-ethyl adjacent to an activating group) is 1. The molecule has 0 aromatic carbocycles. The van der Waals surface area contributed by atoms with E-state index in [4.69, 9.17) is 0 Å². The summed E-state index contributed by atoms with van der Waals surface area (Å²) in [7, 11) is 3.41. The number of nitrogens with one attached hydrogen (secondary N) is 1. The van der Waals surface area contributed by atoms with Crippen LogP contribution in [0.2, 0.25) is 0 Å². The van der Waals surface area contributed by atoms with Gasteiger partial charge in [-0.1, -0.05) is 6.08 Å². The smallest absolute Gasteiger partial charge is 0.243 e. The summed E-state index contributed by atoms with van der Waals surface area (Å²) in [6, 6.07) is 0. The van der Waals surface area contributed by atoms with E-state index in [0.29, 0.717) is 44.6 Å². The zero-order chi connectivity index (χ0) is 18.2. The van der Waals surface area contributed by atoms with Crippen molar-refractivity contribution in [2.45, 2.75) is 0 Å². The molecule has 136 valence electrons. The van der Waals surface area contributed by atoms with Gasteiger partial charge in [0.05, 0.1) is 12.4 Å². The van der Waals surface area contributed by atoms with Crippen LogP contribution < -0.4 is 10.2 Å². The number of nitrogens with zero attached hydrogens (tertiary/aromatic N) is 6. The number of aliphatic imine (C=N–C) groups is 1. The second kappa shape index (κ2) is 8.95. The molecule has 1 aromatic heterocycles. The number of halogens is 1. The lowest BCUT2D eigenvalue weighted by molar-refractivity contribution is -0.127. The topological polar surface area (TPSA) is 77.0 Å². The normalized spacial score (nSPS) is 15.1. The molecule has 0 bridgehead atoms. The predicted molar refractivity (Wildman–Crippen MR) is 95.0 cm³/mol. The molecule has 0 saturated carbocycles. The van der Waals surface area contributed by atoms with Gasteiger partial charge in [-0.3, -0.25) is 4.79 Å². The molecule has 2 rings (SSSR count). The number of hydrogen-bond acceptors (Lipinski definition) is 5. The molecule has 2 heterocycles. The van der Waals surface area contributed by atoms with Crippen LogP contribution in [0.4, 0.5) is 10.3 Å². The summed E-state index contributed by atoms with van der Waals surface area (Å²) in [5.41, 5.74) is 0. The largest absolute Gasteiger partial charge is 0.353 e. The van der Waals surface area contributed by atoms with E-state index >= 15 is 0 Å². The van der Waals surface area contributed by atoms with Crippen LogP contribution in [0.3, 0.4) is 0 Å². The van der Waals surface area contributed by atoms with Gasteiger partial charge >= 0.3 is 0 Å². The van der Waals surface area contributed by atoms with Crippen molar-refractivity contribution in [1.29, 1.82) is 0 Å². The van der Waals surface area contributed by atoms with Crippen LogP contribution >= 0.6 is 0 Å². The highest BCUT2D eigenvalue weighted by atomic mass is 19.1. The minimum Gasteiger partial charge on any atom is -0.353 e. The first-order chi connectivity index (χ1) is 12.0. The summed E-state index contributed by atoms with van der Waals surface area (Å²) in [4.78, 5) is 29.8. The molecule has 1 aliphatic heterocycles. The Morgan fingerprint density at radius 3 is 2.56 bits per heavy atom. The molecule has 0 spiro atoms. The summed E-state index contributed by atoms with van der Waals surface area (Å²) in [5.74, 6) is 0.684. The van der Waals surface area contributed by atoms with Gasteiger partial charge in [-0.25, -0.2) is 19.4 Å². The quantitative estimate of drug-likeness (QED) is 0.457. The lowest BCUT2D eigenvalue weighted by Gasteiger charge is -2.36. The zero-order valence-corrected chi connectivity index (χ0v) is 14.7. The highest BCUT2D eigenvalue weighted by Gasteiger charge is 2.21. The summed E-state index contributed by atoms with van der Waals surface area (Å²) in [5, 5.41) is 3.18. The minimum atomic E-state index is -0.448. The standard InChI is InChI=1S/C16H24FN7O/c1-4-5-18-15(21-12-14(25)22(2)3)23-6-8-24(9-7-23)16-19-10-13(17)11-20-16/h4,10-11H,1,5-9,12H2,2-3H3,(H,18,21). The maximum Gasteiger partial charge on any atom is 0.243 e. The monoisotopic (exact) mass is 349 g/mol. The molecule has 1 N–H and O–H groups in total. The van der Waals surface area contributed by atoms with Gasteiger partial charge in [0, 0.05) is 46.8 Å². The first-order valence-corrected chi connectivity index (χ1v) is 8.08. The molecule has 25 heavy (non-hydrogen) atoms. The number of amides is 1. The Morgan fingerprint density at radius 1 is 1.36 bits per heavy atom. The van der Waals surface area contributed by atoms with E-state index in [-0.39, 0.29) is 12.5 Å². The van der Waals surface area contributed by atoms with E-state index < -0.39 is 5.82 Å². The van der Waals surface area contributed by atoms with Crippen molar-refractivity contribution >= 4 is 17.8 Å². The number of anilines is 1. The fourth-order valence-electron chi connectivity index (χ4n) is 2.30. The van der Waals surface area contributed by atoms with Gasteiger partial charge in [0.15, 0.2) is 11.8 Å². The second-order valence-electron chi connectivity index (χ2n) is 5.77. The highest BCUT2D eigenvalue weighted by Crippen LogP contribution is 2.10. The average molecular weight is 349 g/mol. The van der Waals surface area contributed by atoms with Gasteiger partial charge in [0.2, 0.25) is 11.9 Å². The Hall–Kier alpha value is -2.71. The Kier molecular flexibility index (Phi) is 6.67. The van der Waals surface area contributed by atoms with Crippen molar-refractivity contribution in [1.82, 2.24) is 25.1 Å². The first kappa shape index (κ1) is 18.6. The molecule has 1 aromatic rings. The summed E-state index contributed by atoms with van der Waals surface area (Å²) in [6.45, 7) is 7.10. The summed E-state index contributed by atoms with van der Waals surface area (Å²) >= 11 is 0. The molecule has 0 atom stereocenters. The third kappa shape index (κ3) is 5.40. The van der Waals surface area contributed by atoms with Gasteiger partial charge < -0.3 is 20.0 Å². The van der Waals surface area contributed by atoms with Crippen molar-refractivity contribution in [2.75, 3.05) is 58.3 Å². The van der Waals surface area contributed by atoms with E-state index in [2.05, 4.69) is 31.8 Å². The van der Waals surface area contributed by atoms with Crippen molar-refractivity contribution in [2.24, 2.45) is 4.99 Å². The molecular formula is C16H24FN7O. The lowest BCUT2D eigenvalue weighted by Crippen LogP contribution is -2.53. The van der Waals surface area contributed by atoms with Crippen LogP contribution in [0, 0.1) is 5.82 Å². The third-order valence-electron chi connectivity index (χ3n) is 3.74. The fraction of sp³-hybridized carbons (Fsp3) is 0.500. The molecule has 1 saturated heterocycles. The number of carbonyl (C=O) groups excluding carboxylic acids is 1. The molecule has 0 radical (unpaired) electrons. The molecule has 0 aliphatic carbocycles. The summed E-state index contributed by atoms with van der Waals surface area (Å²) in [6.07, 6.45) is 4.08. The first-order valence-electron chi connectivity index (χ1n) is 8.08. The highest BCUT2D eigenvalue weighted by molar-refractivity contribution is 5.85. The number of aromatic nitrogens is 2. The molecular weight excluding hydrogens is 325 g/mol. The van der Waals surface area contributed by atoms with Crippen LogP contribution in [0.5, 0.6) is 0 Å². The molecule has 8 nitrogen and oxygen atoms in total. The van der Waals surface area contributed by atoms with Crippen LogP contribution in [0.15, 0.2) is 30.0 Å². The van der Waals surface area contributed by atoms with Crippen molar-refractivity contribution in [3.05, 3.63) is 30.9 Å². The van der Waals surface area contributed by atoms with E-state index in [1.54, 1.807) is 20.2 Å². The van der Waals surface area contributed by atoms with Gasteiger partial charge in [-0.05, 0) is 0 Å². The minimum absolute atomic E-state index is 0.0590. The fourth-order valence-corrected chi connectivity index (χ4v) is 2.30. The van der Waals surface area contributed by atoms with Crippen molar-refractivity contribution in [3.63, 3.8) is 0 Å². The summed E-state index contributed by atoms with van der Waals surface area (Å²) < 4.78 is 12.9. The Morgan fingerprint density at radius 2 is 2.00 bits per heavy atom. The Bertz CT molecular complexity index is 609. The number of guanidine groups is 1. The number of rotatable bonds is 5. The van der Waals surface area contributed by atoms with E-state index in [1.807, 2.05) is 4.90 Å². The van der Waals surface area contributed by atoms with Crippen LogP contribution in [-0.4, -0.2) is 85.0 Å². The number of piperazine rings is 1. The second-order valence-corrected chi connectivity index (χ2v) is 5.77. The number of hydrogen-bond donors (Lipinski definition) is 1. The van der Waals surface area contributed by atoms with Gasteiger partial charge in [0.1, 0.15) is 6.54 Å². The molecule has 1 aliphatic rings. The van der Waals surface area contributed by atoms with Crippen molar-refractivity contribution in [3.8, 4) is 0 Å². The van der Waals surface area contributed by atoms with E-state index in [1.165, 1.54) is 17.3 Å². The zero-order valence-electron chi connectivity index (χ0n) is 14.7. The van der Waals surface area contributed by atoms with E-state index in [0.717, 1.165) is 0 Å². The van der Waals surface area contributed by atoms with Gasteiger partial charge in [0.25, 0.3) is 0 Å². The predicted octanol–water partition coefficient (Wildman–Crippen LogP) is -0.0425. The van der Waals surface area contributed by atoms with Gasteiger partial charge in [-0.2, -0.15) is 0 Å². The Balaban J connectivity index is 1.98. The molecule has 1 fully saturated rings.